The minimum Gasteiger partial charge on any atom is -0.462 e. The van der Waals surface area contributed by atoms with E-state index in [0.717, 1.165) is 12.8 Å². The smallest absolute Gasteiger partial charge is 0.302 e. The molecule has 0 N–H and O–H groups in total. The lowest BCUT2D eigenvalue weighted by molar-refractivity contribution is -0.145. The van der Waals surface area contributed by atoms with Gasteiger partial charge in [0.05, 0.1) is 0 Å². The average molecular weight is 141 g/mol. The van der Waals surface area contributed by atoms with Crippen LogP contribution in [-0.4, -0.2) is 12.1 Å². The summed E-state index contributed by atoms with van der Waals surface area (Å²) < 4.78 is 5.00. The van der Waals surface area contributed by atoms with Crippen molar-refractivity contribution in [2.24, 2.45) is 0 Å². The highest BCUT2D eigenvalue weighted by Gasteiger charge is 2.15. The van der Waals surface area contributed by atoms with Crippen LogP contribution in [0.25, 0.3) is 0 Å². The first-order valence-corrected chi connectivity index (χ1v) is 3.79. The topological polar surface area (TPSA) is 26.3 Å². The van der Waals surface area contributed by atoms with Gasteiger partial charge in [0.15, 0.2) is 0 Å². The second kappa shape index (κ2) is 3.59. The first-order chi connectivity index (χ1) is 4.79. The maximum absolute atomic E-state index is 10.5. The molecule has 1 aliphatic carbocycles. The molecule has 0 amide bonds. The second-order valence-electron chi connectivity index (χ2n) is 2.67. The molecule has 0 bridgehead atoms. The monoisotopic (exact) mass is 141 g/mol. The van der Waals surface area contributed by atoms with Crippen LogP contribution in [0.3, 0.4) is 0 Å². The predicted molar refractivity (Wildman–Crippen MR) is 38.3 cm³/mol. The van der Waals surface area contributed by atoms with E-state index in [4.69, 9.17) is 4.74 Å². The minimum absolute atomic E-state index is 0.103. The van der Waals surface area contributed by atoms with Crippen LogP contribution >= 0.6 is 0 Å². The highest BCUT2D eigenvalue weighted by molar-refractivity contribution is 5.66. The van der Waals surface area contributed by atoms with E-state index < -0.39 is 0 Å². The Bertz CT molecular complexity index is 114. The Morgan fingerprint density at radius 1 is 1.60 bits per heavy atom. The van der Waals surface area contributed by atoms with E-state index in [1.165, 1.54) is 19.8 Å². The lowest BCUT2D eigenvalue weighted by atomic mass is 9.98. The van der Waals surface area contributed by atoms with Gasteiger partial charge in [-0.3, -0.25) is 4.79 Å². The van der Waals surface area contributed by atoms with E-state index in [0.29, 0.717) is 0 Å². The second-order valence-corrected chi connectivity index (χ2v) is 2.67. The molecule has 2 heteroatoms. The first-order valence-electron chi connectivity index (χ1n) is 3.79. The van der Waals surface area contributed by atoms with Crippen molar-refractivity contribution < 1.29 is 9.53 Å². The fraction of sp³-hybridized carbons (Fsp3) is 0.750. The van der Waals surface area contributed by atoms with Gasteiger partial charge in [-0.1, -0.05) is 6.42 Å². The van der Waals surface area contributed by atoms with Gasteiger partial charge in [-0.25, -0.2) is 0 Å². The Kier molecular flexibility index (Phi) is 2.72. The van der Waals surface area contributed by atoms with Gasteiger partial charge < -0.3 is 4.74 Å². The Morgan fingerprint density at radius 2 is 2.40 bits per heavy atom. The molecule has 1 unspecified atom stereocenters. The zero-order valence-corrected chi connectivity index (χ0v) is 6.30. The normalized spacial score (nSPS) is 20.5. The molecular formula is C8H13O2. The minimum atomic E-state index is -0.164. The number of rotatable bonds is 1. The third kappa shape index (κ3) is 2.38. The van der Waals surface area contributed by atoms with Crippen molar-refractivity contribution in [1.29, 1.82) is 0 Å². The molecule has 1 rings (SSSR count). The molecule has 1 atom stereocenters. The van der Waals surface area contributed by atoms with Gasteiger partial charge in [0.2, 0.25) is 0 Å². The van der Waals surface area contributed by atoms with Crippen LogP contribution in [0, 0.1) is 6.42 Å². The molecular weight excluding hydrogens is 128 g/mol. The molecule has 2 nitrogen and oxygen atoms in total. The van der Waals surface area contributed by atoms with Gasteiger partial charge >= 0.3 is 5.97 Å². The third-order valence-electron chi connectivity index (χ3n) is 1.69. The number of hydrogen-bond acceptors (Lipinski definition) is 2. The predicted octanol–water partition coefficient (Wildman–Crippen LogP) is 1.70. The van der Waals surface area contributed by atoms with Gasteiger partial charge in [-0.15, -0.1) is 0 Å². The van der Waals surface area contributed by atoms with Crippen LogP contribution in [0.15, 0.2) is 0 Å². The van der Waals surface area contributed by atoms with Crippen LogP contribution in [0.1, 0.15) is 32.6 Å². The fourth-order valence-corrected chi connectivity index (χ4v) is 1.23. The molecule has 0 aromatic carbocycles. The van der Waals surface area contributed by atoms with Crippen molar-refractivity contribution >= 4 is 5.97 Å². The maximum atomic E-state index is 10.5. The largest absolute Gasteiger partial charge is 0.462 e. The van der Waals surface area contributed by atoms with E-state index in [9.17, 15) is 4.79 Å². The lowest BCUT2D eigenvalue weighted by Crippen LogP contribution is -2.19. The number of ether oxygens (including phenoxy) is 1. The van der Waals surface area contributed by atoms with Gasteiger partial charge in [0.25, 0.3) is 0 Å². The van der Waals surface area contributed by atoms with Crippen molar-refractivity contribution in [2.75, 3.05) is 0 Å². The van der Waals surface area contributed by atoms with Gasteiger partial charge in [-0.2, -0.15) is 0 Å². The summed E-state index contributed by atoms with van der Waals surface area (Å²) in [5.74, 6) is -0.164. The molecule has 57 valence electrons. The highest BCUT2D eigenvalue weighted by Crippen LogP contribution is 2.19. The molecule has 0 saturated heterocycles. The number of esters is 1. The Balaban J connectivity index is 2.19. The Hall–Kier alpha value is -0.530. The SMILES string of the molecule is CC(=O)OC1[CH]CCCC1. The van der Waals surface area contributed by atoms with Crippen LogP contribution in [0.5, 0.6) is 0 Å². The molecule has 1 aliphatic rings. The summed E-state index contributed by atoms with van der Waals surface area (Å²) >= 11 is 0. The molecule has 0 spiro atoms. The molecule has 0 heterocycles. The molecule has 10 heavy (non-hydrogen) atoms. The Labute approximate surface area is 61.6 Å². The molecule has 0 aromatic heterocycles. The standard InChI is InChI=1S/C8H13O2/c1-7(9)10-8-5-3-2-4-6-8/h5,8H,2-4,6H2,1H3. The maximum Gasteiger partial charge on any atom is 0.302 e. The molecule has 1 saturated carbocycles. The van der Waals surface area contributed by atoms with E-state index in [-0.39, 0.29) is 12.1 Å². The Morgan fingerprint density at radius 3 is 2.90 bits per heavy atom. The van der Waals surface area contributed by atoms with Crippen molar-refractivity contribution in [3.8, 4) is 0 Å². The zero-order chi connectivity index (χ0) is 7.40. The molecule has 0 aliphatic heterocycles. The van der Waals surface area contributed by atoms with Crippen LogP contribution in [0.2, 0.25) is 0 Å². The summed E-state index contributed by atoms with van der Waals surface area (Å²) in [4.78, 5) is 10.5. The number of carbonyl (C=O) groups excluding carboxylic acids is 1. The van der Waals surface area contributed by atoms with Crippen LogP contribution in [-0.2, 0) is 9.53 Å². The fourth-order valence-electron chi connectivity index (χ4n) is 1.23. The summed E-state index contributed by atoms with van der Waals surface area (Å²) in [6.07, 6.45) is 6.74. The van der Waals surface area contributed by atoms with Crippen molar-refractivity contribution in [1.82, 2.24) is 0 Å². The highest BCUT2D eigenvalue weighted by atomic mass is 16.5. The number of hydrogen-bond donors (Lipinski definition) is 0. The third-order valence-corrected chi connectivity index (χ3v) is 1.69. The molecule has 1 radical (unpaired) electrons. The molecule has 1 fully saturated rings. The van der Waals surface area contributed by atoms with E-state index >= 15 is 0 Å². The van der Waals surface area contributed by atoms with Crippen molar-refractivity contribution in [3.05, 3.63) is 6.42 Å². The summed E-state index contributed by atoms with van der Waals surface area (Å²) in [6.45, 7) is 1.46. The van der Waals surface area contributed by atoms with Gasteiger partial charge in [-0.05, 0) is 19.3 Å². The van der Waals surface area contributed by atoms with E-state index in [1.807, 2.05) is 0 Å². The van der Waals surface area contributed by atoms with Crippen molar-refractivity contribution in [2.45, 2.75) is 38.7 Å². The first kappa shape index (κ1) is 7.58. The lowest BCUT2D eigenvalue weighted by Gasteiger charge is -2.20. The van der Waals surface area contributed by atoms with Crippen molar-refractivity contribution in [3.63, 3.8) is 0 Å². The van der Waals surface area contributed by atoms with Gasteiger partial charge in [0.1, 0.15) is 6.10 Å². The van der Waals surface area contributed by atoms with E-state index in [1.54, 1.807) is 0 Å². The summed E-state index contributed by atoms with van der Waals surface area (Å²) in [5.41, 5.74) is 0. The van der Waals surface area contributed by atoms with Gasteiger partial charge in [0, 0.05) is 13.3 Å². The number of carbonyl (C=O) groups is 1. The summed E-state index contributed by atoms with van der Waals surface area (Å²) in [7, 11) is 0. The zero-order valence-electron chi connectivity index (χ0n) is 6.30. The quantitative estimate of drug-likeness (QED) is 0.519. The van der Waals surface area contributed by atoms with E-state index in [2.05, 4.69) is 6.42 Å². The van der Waals surface area contributed by atoms with Crippen LogP contribution in [0.4, 0.5) is 0 Å². The van der Waals surface area contributed by atoms with Crippen LogP contribution < -0.4 is 0 Å². The summed E-state index contributed by atoms with van der Waals surface area (Å²) in [5, 5.41) is 0. The average Bonchev–Trinajstić information content (AvgIpc) is 1.88. The summed E-state index contributed by atoms with van der Waals surface area (Å²) in [6, 6.07) is 0. The molecule has 0 aromatic rings.